The van der Waals surface area contributed by atoms with Crippen LogP contribution in [0.2, 0.25) is 0 Å². The summed E-state index contributed by atoms with van der Waals surface area (Å²) in [4.78, 5) is 44.0. The van der Waals surface area contributed by atoms with E-state index in [0.29, 0.717) is 0 Å². The number of hydrogen-bond acceptors (Lipinski definition) is 4. The maximum absolute atomic E-state index is 11.4. The van der Waals surface area contributed by atoms with Crippen molar-refractivity contribution >= 4 is 23.7 Å². The molecule has 3 amide bonds. The molecule has 0 aromatic heterocycles. The van der Waals surface area contributed by atoms with Crippen LogP contribution in [-0.4, -0.2) is 48.4 Å². The van der Waals surface area contributed by atoms with Crippen molar-refractivity contribution in [2.45, 2.75) is 20.8 Å². The third kappa shape index (κ3) is 8.58. The smallest absolute Gasteiger partial charge is 0.322 e. The first-order chi connectivity index (χ1) is 8.62. The highest BCUT2D eigenvalue weighted by molar-refractivity contribution is 5.90. The van der Waals surface area contributed by atoms with Crippen molar-refractivity contribution in [1.29, 1.82) is 0 Å². The van der Waals surface area contributed by atoms with E-state index in [-0.39, 0.29) is 19.0 Å². The van der Waals surface area contributed by atoms with Crippen molar-refractivity contribution in [2.75, 3.05) is 19.6 Å². The van der Waals surface area contributed by atoms with Crippen LogP contribution in [0.4, 0.5) is 0 Å². The Kier molecular flexibility index (Phi) is 6.53. The van der Waals surface area contributed by atoms with Gasteiger partial charge in [-0.1, -0.05) is 20.8 Å². The molecule has 0 aromatic rings. The summed E-state index contributed by atoms with van der Waals surface area (Å²) in [5, 5.41) is 15.1. The summed E-state index contributed by atoms with van der Waals surface area (Å²) in [6, 6.07) is 0. The minimum absolute atomic E-state index is 0.234. The average Bonchev–Trinajstić information content (AvgIpc) is 2.29. The van der Waals surface area contributed by atoms with Gasteiger partial charge >= 0.3 is 5.97 Å². The van der Waals surface area contributed by atoms with E-state index in [0.717, 1.165) is 0 Å². The fourth-order valence-electron chi connectivity index (χ4n) is 0.904. The lowest BCUT2D eigenvalue weighted by Gasteiger charge is -2.17. The highest BCUT2D eigenvalue weighted by Crippen LogP contribution is 2.11. The number of carbonyl (C=O) groups is 4. The van der Waals surface area contributed by atoms with Gasteiger partial charge in [0, 0.05) is 5.41 Å². The highest BCUT2D eigenvalue weighted by Gasteiger charge is 2.21. The number of hydrogen-bond donors (Lipinski definition) is 4. The van der Waals surface area contributed by atoms with Crippen molar-refractivity contribution in [2.24, 2.45) is 5.41 Å². The van der Waals surface area contributed by atoms with Gasteiger partial charge in [0.15, 0.2) is 0 Å². The molecule has 108 valence electrons. The largest absolute Gasteiger partial charge is 0.480 e. The van der Waals surface area contributed by atoms with Crippen LogP contribution in [0.25, 0.3) is 0 Å². The molecule has 0 bridgehead atoms. The Hall–Kier alpha value is -2.12. The van der Waals surface area contributed by atoms with Crippen LogP contribution in [0, 0.1) is 5.41 Å². The molecule has 4 N–H and O–H groups in total. The van der Waals surface area contributed by atoms with Gasteiger partial charge in [0.05, 0.1) is 13.1 Å². The van der Waals surface area contributed by atoms with Crippen LogP contribution in [0.1, 0.15) is 20.8 Å². The molecule has 0 rings (SSSR count). The summed E-state index contributed by atoms with van der Waals surface area (Å²) >= 11 is 0. The maximum atomic E-state index is 11.4. The number of carbonyl (C=O) groups excluding carboxylic acids is 3. The van der Waals surface area contributed by atoms with E-state index in [2.05, 4.69) is 16.0 Å². The van der Waals surface area contributed by atoms with Gasteiger partial charge in [0.1, 0.15) is 6.54 Å². The molecule has 19 heavy (non-hydrogen) atoms. The maximum Gasteiger partial charge on any atom is 0.322 e. The second kappa shape index (κ2) is 7.34. The molecule has 8 heteroatoms. The third-order valence-electron chi connectivity index (χ3n) is 1.97. The molecule has 0 heterocycles. The SMILES string of the molecule is CC(C)(C)C(=O)NCC(=O)NCC(=O)NCC(=O)O. The normalized spacial score (nSPS) is 10.5. The Bertz CT molecular complexity index is 373. The summed E-state index contributed by atoms with van der Waals surface area (Å²) in [6.45, 7) is 4.05. The second-order valence-corrected chi connectivity index (χ2v) is 4.88. The molecule has 0 radical (unpaired) electrons. The molecular formula is C11H19N3O5. The summed E-state index contributed by atoms with van der Waals surface area (Å²) in [6.07, 6.45) is 0. The van der Waals surface area contributed by atoms with E-state index < -0.39 is 29.7 Å². The van der Waals surface area contributed by atoms with Crippen LogP contribution >= 0.6 is 0 Å². The van der Waals surface area contributed by atoms with Crippen molar-refractivity contribution in [3.63, 3.8) is 0 Å². The van der Waals surface area contributed by atoms with Gasteiger partial charge in [-0.3, -0.25) is 19.2 Å². The number of carboxylic acids is 1. The summed E-state index contributed by atoms with van der Waals surface area (Å²) in [5.74, 6) is -2.59. The van der Waals surface area contributed by atoms with Gasteiger partial charge in [-0.15, -0.1) is 0 Å². The van der Waals surface area contributed by atoms with Crippen LogP contribution < -0.4 is 16.0 Å². The molecule has 0 aromatic carbocycles. The first kappa shape index (κ1) is 16.9. The Morgan fingerprint density at radius 1 is 0.842 bits per heavy atom. The monoisotopic (exact) mass is 273 g/mol. The van der Waals surface area contributed by atoms with Gasteiger partial charge in [-0.05, 0) is 0 Å². The van der Waals surface area contributed by atoms with E-state index in [4.69, 9.17) is 5.11 Å². The first-order valence-corrected chi connectivity index (χ1v) is 5.66. The van der Waals surface area contributed by atoms with E-state index >= 15 is 0 Å². The van der Waals surface area contributed by atoms with Gasteiger partial charge in [-0.2, -0.15) is 0 Å². The molecule has 8 nitrogen and oxygen atoms in total. The topological polar surface area (TPSA) is 125 Å². The van der Waals surface area contributed by atoms with Gasteiger partial charge < -0.3 is 21.1 Å². The molecule has 0 atom stereocenters. The molecule has 0 aliphatic rings. The molecule has 0 aliphatic heterocycles. The van der Waals surface area contributed by atoms with Gasteiger partial charge in [0.25, 0.3) is 0 Å². The number of carboxylic acid groups (broad SMARTS) is 1. The zero-order valence-electron chi connectivity index (χ0n) is 11.2. The van der Waals surface area contributed by atoms with Crippen molar-refractivity contribution in [3.05, 3.63) is 0 Å². The summed E-state index contributed by atoms with van der Waals surface area (Å²) in [7, 11) is 0. The minimum Gasteiger partial charge on any atom is -0.480 e. The molecular weight excluding hydrogens is 254 g/mol. The molecule has 0 saturated carbocycles. The van der Waals surface area contributed by atoms with E-state index in [1.165, 1.54) is 0 Å². The summed E-state index contributed by atoms with van der Waals surface area (Å²) < 4.78 is 0. The van der Waals surface area contributed by atoms with Crippen molar-refractivity contribution < 1.29 is 24.3 Å². The Labute approximate surface area is 110 Å². The standard InChI is InChI=1S/C11H19N3O5/c1-11(2,3)10(19)14-5-8(16)12-4-7(15)13-6-9(17)18/h4-6H2,1-3H3,(H,12,16)(H,13,15)(H,14,19)(H,17,18). The van der Waals surface area contributed by atoms with Gasteiger partial charge in [0.2, 0.25) is 17.7 Å². The number of nitrogens with one attached hydrogen (secondary N) is 3. The Morgan fingerprint density at radius 3 is 1.68 bits per heavy atom. The van der Waals surface area contributed by atoms with E-state index in [1.54, 1.807) is 20.8 Å². The van der Waals surface area contributed by atoms with Crippen molar-refractivity contribution in [1.82, 2.24) is 16.0 Å². The van der Waals surface area contributed by atoms with Gasteiger partial charge in [-0.25, -0.2) is 0 Å². The zero-order valence-corrected chi connectivity index (χ0v) is 11.2. The van der Waals surface area contributed by atoms with Crippen molar-refractivity contribution in [3.8, 4) is 0 Å². The number of rotatable bonds is 6. The predicted octanol–water partition coefficient (Wildman–Crippen LogP) is -1.53. The van der Waals surface area contributed by atoms with Crippen LogP contribution in [0.15, 0.2) is 0 Å². The van der Waals surface area contributed by atoms with E-state index in [1.807, 2.05) is 0 Å². The highest BCUT2D eigenvalue weighted by atomic mass is 16.4. The lowest BCUT2D eigenvalue weighted by atomic mass is 9.96. The van der Waals surface area contributed by atoms with Crippen LogP contribution in [-0.2, 0) is 19.2 Å². The molecule has 0 spiro atoms. The predicted molar refractivity (Wildman–Crippen MR) is 66.1 cm³/mol. The fourth-order valence-corrected chi connectivity index (χ4v) is 0.904. The van der Waals surface area contributed by atoms with Crippen LogP contribution in [0.3, 0.4) is 0 Å². The molecule has 0 fully saturated rings. The number of aliphatic carboxylic acids is 1. The van der Waals surface area contributed by atoms with Crippen LogP contribution in [0.5, 0.6) is 0 Å². The quantitative estimate of drug-likeness (QED) is 0.467. The second-order valence-electron chi connectivity index (χ2n) is 4.88. The number of amides is 3. The molecule has 0 aliphatic carbocycles. The fraction of sp³-hybridized carbons (Fsp3) is 0.636. The Balaban J connectivity index is 3.85. The summed E-state index contributed by atoms with van der Waals surface area (Å²) in [5.41, 5.74) is -0.598. The molecule has 0 saturated heterocycles. The zero-order chi connectivity index (χ0) is 15.1. The minimum atomic E-state index is -1.17. The molecule has 0 unspecified atom stereocenters. The third-order valence-corrected chi connectivity index (χ3v) is 1.97. The lowest BCUT2D eigenvalue weighted by molar-refractivity contribution is -0.138. The average molecular weight is 273 g/mol. The first-order valence-electron chi connectivity index (χ1n) is 5.66. The van der Waals surface area contributed by atoms with E-state index in [9.17, 15) is 19.2 Å². The Morgan fingerprint density at radius 2 is 1.26 bits per heavy atom. The lowest BCUT2D eigenvalue weighted by Crippen LogP contribution is -2.44.